The van der Waals surface area contributed by atoms with Crippen LogP contribution in [0.15, 0.2) is 12.6 Å². The van der Waals surface area contributed by atoms with E-state index in [4.69, 9.17) is 0 Å². The van der Waals surface area contributed by atoms with Crippen molar-refractivity contribution in [1.82, 2.24) is 0 Å². The molecule has 1 unspecified atom stereocenters. The standard InChI is InChI=1S/C24H34O/c1-7-16-17-14-20-23(5)11-8-10-22(3,4)19(23)9-12-24(20,6)21(17)15(2)13-18(16)25/h7,13,19-20,25H,1,8-12,14H2,2-6H3/t19?,20-,23+,24-/m1/s1. The average molecular weight is 339 g/mol. The van der Waals surface area contributed by atoms with Crippen molar-refractivity contribution in [1.29, 1.82) is 0 Å². The van der Waals surface area contributed by atoms with Crippen LogP contribution in [0.1, 0.15) is 82.1 Å². The minimum absolute atomic E-state index is 0.254. The molecule has 0 aliphatic heterocycles. The zero-order valence-electron chi connectivity index (χ0n) is 16.7. The van der Waals surface area contributed by atoms with Crippen LogP contribution < -0.4 is 0 Å². The van der Waals surface area contributed by atoms with Gasteiger partial charge in [0.2, 0.25) is 0 Å². The number of phenols is 1. The van der Waals surface area contributed by atoms with Crippen LogP contribution in [-0.2, 0) is 11.8 Å². The predicted molar refractivity (Wildman–Crippen MR) is 106 cm³/mol. The van der Waals surface area contributed by atoms with E-state index in [0.717, 1.165) is 17.9 Å². The second-order valence-electron chi connectivity index (χ2n) is 10.3. The van der Waals surface area contributed by atoms with Gasteiger partial charge in [-0.1, -0.05) is 46.8 Å². The highest BCUT2D eigenvalue weighted by molar-refractivity contribution is 5.66. The van der Waals surface area contributed by atoms with Crippen molar-refractivity contribution in [3.05, 3.63) is 34.9 Å². The van der Waals surface area contributed by atoms with Crippen molar-refractivity contribution in [3.63, 3.8) is 0 Å². The van der Waals surface area contributed by atoms with Crippen LogP contribution in [0, 0.1) is 29.6 Å². The summed E-state index contributed by atoms with van der Waals surface area (Å²) in [4.78, 5) is 0. The molecule has 3 aliphatic rings. The molecule has 0 heterocycles. The molecule has 1 N–H and O–H groups in total. The summed E-state index contributed by atoms with van der Waals surface area (Å²) in [5, 5.41) is 10.5. The third kappa shape index (κ3) is 2.07. The van der Waals surface area contributed by atoms with Crippen LogP contribution >= 0.6 is 0 Å². The first-order chi connectivity index (χ1) is 11.6. The molecule has 25 heavy (non-hydrogen) atoms. The van der Waals surface area contributed by atoms with Gasteiger partial charge in [0.15, 0.2) is 0 Å². The molecule has 4 atom stereocenters. The smallest absolute Gasteiger partial charge is 0.123 e. The fourth-order valence-corrected chi connectivity index (χ4v) is 7.73. The Bertz CT molecular complexity index is 743. The van der Waals surface area contributed by atoms with E-state index in [1.807, 2.05) is 12.1 Å². The first-order valence-corrected chi connectivity index (χ1v) is 10.1. The largest absolute Gasteiger partial charge is 0.507 e. The van der Waals surface area contributed by atoms with Gasteiger partial charge in [0.05, 0.1) is 0 Å². The Kier molecular flexibility index (Phi) is 3.54. The van der Waals surface area contributed by atoms with Gasteiger partial charge in [-0.2, -0.15) is 0 Å². The van der Waals surface area contributed by atoms with Crippen molar-refractivity contribution in [3.8, 4) is 5.75 Å². The van der Waals surface area contributed by atoms with E-state index in [0.29, 0.717) is 22.5 Å². The van der Waals surface area contributed by atoms with E-state index in [2.05, 4.69) is 41.2 Å². The highest BCUT2D eigenvalue weighted by Crippen LogP contribution is 2.68. The fraction of sp³-hybridized carbons (Fsp3) is 0.667. The number of rotatable bonds is 1. The van der Waals surface area contributed by atoms with Gasteiger partial charge in [-0.05, 0) is 89.9 Å². The maximum atomic E-state index is 10.5. The highest BCUT2D eigenvalue weighted by atomic mass is 16.3. The molecule has 0 radical (unpaired) electrons. The monoisotopic (exact) mass is 338 g/mol. The van der Waals surface area contributed by atoms with E-state index in [9.17, 15) is 5.11 Å². The van der Waals surface area contributed by atoms with Gasteiger partial charge in [-0.15, -0.1) is 0 Å². The highest BCUT2D eigenvalue weighted by Gasteiger charge is 2.61. The van der Waals surface area contributed by atoms with Crippen LogP contribution in [0.25, 0.3) is 6.08 Å². The maximum Gasteiger partial charge on any atom is 0.123 e. The van der Waals surface area contributed by atoms with Gasteiger partial charge in [0, 0.05) is 5.56 Å². The lowest BCUT2D eigenvalue weighted by atomic mass is 9.43. The summed E-state index contributed by atoms with van der Waals surface area (Å²) in [6, 6.07) is 1.97. The molecule has 2 fully saturated rings. The zero-order valence-corrected chi connectivity index (χ0v) is 16.7. The predicted octanol–water partition coefficient (Wildman–Crippen LogP) is 6.40. The Hall–Kier alpha value is -1.24. The van der Waals surface area contributed by atoms with E-state index in [1.165, 1.54) is 48.8 Å². The molecule has 136 valence electrons. The Morgan fingerprint density at radius 3 is 2.52 bits per heavy atom. The number of hydrogen-bond acceptors (Lipinski definition) is 1. The minimum atomic E-state index is 0.254. The molecule has 1 heteroatoms. The summed E-state index contributed by atoms with van der Waals surface area (Å²) in [6.07, 6.45) is 9.73. The lowest BCUT2D eigenvalue weighted by molar-refractivity contribution is -0.0983. The average Bonchev–Trinajstić information content (AvgIpc) is 2.81. The van der Waals surface area contributed by atoms with Crippen LogP contribution in [0.3, 0.4) is 0 Å². The third-order valence-corrected chi connectivity index (χ3v) is 8.63. The van der Waals surface area contributed by atoms with Crippen molar-refractivity contribution >= 4 is 6.08 Å². The maximum absolute atomic E-state index is 10.5. The van der Waals surface area contributed by atoms with Crippen molar-refractivity contribution in [2.45, 2.75) is 78.6 Å². The van der Waals surface area contributed by atoms with Crippen LogP contribution in [0.4, 0.5) is 0 Å². The van der Waals surface area contributed by atoms with Crippen molar-refractivity contribution < 1.29 is 5.11 Å². The fourth-order valence-electron chi connectivity index (χ4n) is 7.73. The lowest BCUT2D eigenvalue weighted by Gasteiger charge is -2.61. The quantitative estimate of drug-likeness (QED) is 0.628. The molecule has 0 bridgehead atoms. The van der Waals surface area contributed by atoms with Crippen LogP contribution in [0.2, 0.25) is 0 Å². The molecular weight excluding hydrogens is 304 g/mol. The zero-order chi connectivity index (χ0) is 18.2. The van der Waals surface area contributed by atoms with Gasteiger partial charge < -0.3 is 5.11 Å². The summed E-state index contributed by atoms with van der Waals surface area (Å²) < 4.78 is 0. The van der Waals surface area contributed by atoms with Crippen LogP contribution in [-0.4, -0.2) is 5.11 Å². The van der Waals surface area contributed by atoms with E-state index >= 15 is 0 Å². The second kappa shape index (κ2) is 5.15. The van der Waals surface area contributed by atoms with Gasteiger partial charge in [0.25, 0.3) is 0 Å². The molecule has 0 amide bonds. The first-order valence-electron chi connectivity index (χ1n) is 10.1. The first kappa shape index (κ1) is 17.2. The Labute approximate surface area is 153 Å². The summed E-state index contributed by atoms with van der Waals surface area (Å²) >= 11 is 0. The number of benzene rings is 1. The molecule has 3 aliphatic carbocycles. The van der Waals surface area contributed by atoms with E-state index in [-0.39, 0.29) is 5.41 Å². The van der Waals surface area contributed by atoms with Crippen molar-refractivity contribution in [2.24, 2.45) is 22.7 Å². The molecule has 0 spiro atoms. The van der Waals surface area contributed by atoms with Gasteiger partial charge in [-0.3, -0.25) is 0 Å². The second-order valence-corrected chi connectivity index (χ2v) is 10.3. The SMILES string of the molecule is C=Cc1c(O)cc(C)c2c1C[C@H]1[C@@]2(C)CCC2C(C)(C)CCC[C@@]21C. The van der Waals surface area contributed by atoms with Crippen molar-refractivity contribution in [2.75, 3.05) is 0 Å². The summed E-state index contributed by atoms with van der Waals surface area (Å²) in [5.74, 6) is 1.92. The molecule has 4 rings (SSSR count). The number of hydrogen-bond donors (Lipinski definition) is 1. The Balaban J connectivity index is 1.89. The molecule has 1 aromatic rings. The normalized spacial score (nSPS) is 38.6. The third-order valence-electron chi connectivity index (χ3n) is 8.63. The van der Waals surface area contributed by atoms with Gasteiger partial charge >= 0.3 is 0 Å². The van der Waals surface area contributed by atoms with Gasteiger partial charge in [-0.25, -0.2) is 0 Å². The minimum Gasteiger partial charge on any atom is -0.507 e. The molecule has 1 nitrogen and oxygen atoms in total. The molecule has 2 saturated carbocycles. The Morgan fingerprint density at radius 1 is 1.12 bits per heavy atom. The summed E-state index contributed by atoms with van der Waals surface area (Å²) in [6.45, 7) is 16.3. The van der Waals surface area contributed by atoms with Crippen LogP contribution in [0.5, 0.6) is 5.75 Å². The molecule has 0 aromatic heterocycles. The molecular formula is C24H34O. The summed E-state index contributed by atoms with van der Waals surface area (Å²) in [7, 11) is 0. The number of fused-ring (bicyclic) bond motifs is 5. The number of aryl methyl sites for hydroxylation is 1. The molecule has 1 aromatic carbocycles. The van der Waals surface area contributed by atoms with Gasteiger partial charge in [0.1, 0.15) is 5.75 Å². The number of phenolic OH excluding ortho intramolecular Hbond substituents is 1. The lowest BCUT2D eigenvalue weighted by Crippen LogP contribution is -2.55. The molecule has 0 saturated heterocycles. The van der Waals surface area contributed by atoms with E-state index < -0.39 is 0 Å². The van der Waals surface area contributed by atoms with E-state index in [1.54, 1.807) is 0 Å². The Morgan fingerprint density at radius 2 is 1.84 bits per heavy atom. The topological polar surface area (TPSA) is 20.2 Å². The summed E-state index contributed by atoms with van der Waals surface area (Å²) in [5.41, 5.74) is 6.32. The number of aromatic hydroxyl groups is 1.